The zero-order valence-corrected chi connectivity index (χ0v) is 7.33. The second kappa shape index (κ2) is 2.37. The highest BCUT2D eigenvalue weighted by molar-refractivity contribution is 5.70. The lowest BCUT2D eigenvalue weighted by Gasteiger charge is -2.08. The molecule has 0 saturated heterocycles. The molecule has 12 heavy (non-hydrogen) atoms. The number of nitrogens with zero attached hydrogens (tertiary/aromatic N) is 1. The Morgan fingerprint density at radius 1 is 1.50 bits per heavy atom. The van der Waals surface area contributed by atoms with Crippen LogP contribution in [-0.2, 0) is 0 Å². The molecule has 1 aliphatic rings. The molecule has 2 rings (SSSR count). The Labute approximate surface area is 72.0 Å². The molecule has 0 amide bonds. The van der Waals surface area contributed by atoms with Crippen molar-refractivity contribution < 1.29 is 0 Å². The maximum absolute atomic E-state index is 5.72. The Kier molecular flexibility index (Phi) is 1.46. The molecule has 0 fully saturated rings. The van der Waals surface area contributed by atoms with Crippen molar-refractivity contribution in [2.45, 2.75) is 25.8 Å². The fourth-order valence-corrected chi connectivity index (χ4v) is 1.65. The van der Waals surface area contributed by atoms with Crippen molar-refractivity contribution >= 4 is 11.5 Å². The third kappa shape index (κ3) is 0.858. The predicted molar refractivity (Wildman–Crippen MR) is 50.1 cm³/mol. The zero-order chi connectivity index (χ0) is 8.72. The summed E-state index contributed by atoms with van der Waals surface area (Å²) in [5.41, 5.74) is 8.04. The first-order chi connectivity index (χ1) is 5.70. The van der Waals surface area contributed by atoms with E-state index in [1.807, 2.05) is 6.07 Å². The highest BCUT2D eigenvalue weighted by atomic mass is 15.0. The van der Waals surface area contributed by atoms with Crippen molar-refractivity contribution in [2.75, 3.05) is 11.1 Å². The summed E-state index contributed by atoms with van der Waals surface area (Å²) in [7, 11) is 0. The molecule has 64 valence electrons. The van der Waals surface area contributed by atoms with Crippen LogP contribution in [0.2, 0.25) is 0 Å². The summed E-state index contributed by atoms with van der Waals surface area (Å²) >= 11 is 0. The van der Waals surface area contributed by atoms with E-state index in [1.165, 1.54) is 5.56 Å². The van der Waals surface area contributed by atoms with Crippen LogP contribution in [0.5, 0.6) is 0 Å². The van der Waals surface area contributed by atoms with Gasteiger partial charge in [0.25, 0.3) is 0 Å². The Hall–Kier alpha value is -1.25. The molecule has 1 aromatic heterocycles. The average Bonchev–Trinajstić information content (AvgIpc) is 2.32. The van der Waals surface area contributed by atoms with Crippen molar-refractivity contribution in [3.05, 3.63) is 17.8 Å². The SMILES string of the molecule is CC1Nc2c(ccnc2N)C1C. The van der Waals surface area contributed by atoms with Crippen molar-refractivity contribution in [3.63, 3.8) is 0 Å². The van der Waals surface area contributed by atoms with Gasteiger partial charge in [0.2, 0.25) is 0 Å². The van der Waals surface area contributed by atoms with Gasteiger partial charge < -0.3 is 11.1 Å². The third-order valence-electron chi connectivity index (χ3n) is 2.63. The van der Waals surface area contributed by atoms with E-state index < -0.39 is 0 Å². The molecule has 0 spiro atoms. The lowest BCUT2D eigenvalue weighted by atomic mass is 9.99. The first-order valence-corrected chi connectivity index (χ1v) is 4.21. The van der Waals surface area contributed by atoms with Crippen molar-refractivity contribution in [1.82, 2.24) is 4.98 Å². The van der Waals surface area contributed by atoms with E-state index in [-0.39, 0.29) is 0 Å². The largest absolute Gasteiger partial charge is 0.382 e. The number of hydrogen-bond acceptors (Lipinski definition) is 3. The summed E-state index contributed by atoms with van der Waals surface area (Å²) in [5.74, 6) is 1.15. The van der Waals surface area contributed by atoms with Crippen molar-refractivity contribution in [2.24, 2.45) is 0 Å². The van der Waals surface area contributed by atoms with E-state index in [1.54, 1.807) is 6.20 Å². The summed E-state index contributed by atoms with van der Waals surface area (Å²) in [4.78, 5) is 4.03. The number of nitrogens with two attached hydrogens (primary N) is 1. The number of aromatic nitrogens is 1. The van der Waals surface area contributed by atoms with Gasteiger partial charge in [0.05, 0.1) is 5.69 Å². The molecular weight excluding hydrogens is 150 g/mol. The predicted octanol–water partition coefficient (Wildman–Crippen LogP) is 1.58. The molecule has 0 aliphatic carbocycles. The van der Waals surface area contributed by atoms with E-state index >= 15 is 0 Å². The van der Waals surface area contributed by atoms with Crippen molar-refractivity contribution in [3.8, 4) is 0 Å². The maximum Gasteiger partial charge on any atom is 0.147 e. The van der Waals surface area contributed by atoms with Crippen LogP contribution in [0.15, 0.2) is 12.3 Å². The van der Waals surface area contributed by atoms with Gasteiger partial charge in [-0.25, -0.2) is 4.98 Å². The summed E-state index contributed by atoms with van der Waals surface area (Å²) in [6.07, 6.45) is 1.77. The Bertz CT molecular complexity index is 309. The third-order valence-corrected chi connectivity index (χ3v) is 2.63. The van der Waals surface area contributed by atoms with Gasteiger partial charge in [0.1, 0.15) is 5.82 Å². The number of nitrogens with one attached hydrogen (secondary N) is 1. The van der Waals surface area contributed by atoms with Gasteiger partial charge in [-0.2, -0.15) is 0 Å². The van der Waals surface area contributed by atoms with Crippen LogP contribution in [0.25, 0.3) is 0 Å². The summed E-state index contributed by atoms with van der Waals surface area (Å²) in [6.45, 7) is 4.35. The molecule has 3 nitrogen and oxygen atoms in total. The van der Waals surface area contributed by atoms with Crippen molar-refractivity contribution in [1.29, 1.82) is 0 Å². The van der Waals surface area contributed by atoms with Gasteiger partial charge in [0, 0.05) is 18.2 Å². The minimum atomic E-state index is 0.464. The fourth-order valence-electron chi connectivity index (χ4n) is 1.65. The summed E-state index contributed by atoms with van der Waals surface area (Å²) in [6, 6.07) is 2.50. The van der Waals surface area contributed by atoms with E-state index in [2.05, 4.69) is 24.1 Å². The quantitative estimate of drug-likeness (QED) is 0.610. The molecule has 2 heterocycles. The van der Waals surface area contributed by atoms with Crippen LogP contribution < -0.4 is 11.1 Å². The Morgan fingerprint density at radius 3 is 2.92 bits per heavy atom. The zero-order valence-electron chi connectivity index (χ0n) is 7.33. The van der Waals surface area contributed by atoms with Crippen LogP contribution in [0, 0.1) is 0 Å². The van der Waals surface area contributed by atoms with E-state index in [4.69, 9.17) is 5.73 Å². The molecule has 0 bridgehead atoms. The number of anilines is 2. The minimum absolute atomic E-state index is 0.464. The molecule has 1 aromatic rings. The maximum atomic E-state index is 5.72. The number of pyridine rings is 1. The standard InChI is InChI=1S/C9H13N3/c1-5-6(2)12-8-7(5)3-4-11-9(8)10/h3-6,12H,1-2H3,(H2,10,11). The normalized spacial score (nSPS) is 26.5. The molecule has 1 aliphatic heterocycles. The lowest BCUT2D eigenvalue weighted by Crippen LogP contribution is -2.13. The van der Waals surface area contributed by atoms with Crippen LogP contribution in [0.4, 0.5) is 11.5 Å². The van der Waals surface area contributed by atoms with Gasteiger partial charge >= 0.3 is 0 Å². The average molecular weight is 163 g/mol. The van der Waals surface area contributed by atoms with Crippen LogP contribution in [-0.4, -0.2) is 11.0 Å². The first kappa shape index (κ1) is 7.40. The molecule has 2 atom stereocenters. The Morgan fingerprint density at radius 2 is 2.25 bits per heavy atom. The number of nitrogen functional groups attached to an aromatic ring is 1. The van der Waals surface area contributed by atoms with Gasteiger partial charge in [-0.15, -0.1) is 0 Å². The number of fused-ring (bicyclic) bond motifs is 1. The second-order valence-electron chi connectivity index (χ2n) is 3.38. The van der Waals surface area contributed by atoms with Crippen LogP contribution >= 0.6 is 0 Å². The van der Waals surface area contributed by atoms with E-state index in [9.17, 15) is 0 Å². The summed E-state index contributed by atoms with van der Waals surface area (Å²) < 4.78 is 0. The molecule has 0 saturated carbocycles. The van der Waals surface area contributed by atoms with Gasteiger partial charge in [0.15, 0.2) is 0 Å². The lowest BCUT2D eigenvalue weighted by molar-refractivity contribution is 0.690. The van der Waals surface area contributed by atoms with Gasteiger partial charge in [-0.3, -0.25) is 0 Å². The van der Waals surface area contributed by atoms with Gasteiger partial charge in [-0.05, 0) is 18.6 Å². The molecule has 0 aromatic carbocycles. The minimum Gasteiger partial charge on any atom is -0.382 e. The first-order valence-electron chi connectivity index (χ1n) is 4.21. The molecular formula is C9H13N3. The topological polar surface area (TPSA) is 50.9 Å². The Balaban J connectivity index is 2.53. The van der Waals surface area contributed by atoms with Gasteiger partial charge in [-0.1, -0.05) is 6.92 Å². The molecule has 3 N–H and O–H groups in total. The smallest absolute Gasteiger partial charge is 0.147 e. The van der Waals surface area contributed by atoms with E-state index in [0.717, 1.165) is 5.69 Å². The number of rotatable bonds is 0. The molecule has 2 unspecified atom stereocenters. The van der Waals surface area contributed by atoms with Crippen LogP contribution in [0.3, 0.4) is 0 Å². The molecule has 0 radical (unpaired) electrons. The monoisotopic (exact) mass is 163 g/mol. The highest BCUT2D eigenvalue weighted by Crippen LogP contribution is 2.37. The van der Waals surface area contributed by atoms with E-state index in [0.29, 0.717) is 17.8 Å². The highest BCUT2D eigenvalue weighted by Gasteiger charge is 2.26. The number of hydrogen-bond donors (Lipinski definition) is 2. The summed E-state index contributed by atoms with van der Waals surface area (Å²) in [5, 5.41) is 3.33. The van der Waals surface area contributed by atoms with Crippen LogP contribution in [0.1, 0.15) is 25.3 Å². The molecule has 3 heteroatoms. The second-order valence-corrected chi connectivity index (χ2v) is 3.38. The fraction of sp³-hybridized carbons (Fsp3) is 0.444.